The predicted molar refractivity (Wildman–Crippen MR) is 87.6 cm³/mol. The maximum absolute atomic E-state index is 14.0. The minimum absolute atomic E-state index is 0.00538. The van der Waals surface area contributed by atoms with Crippen molar-refractivity contribution >= 4 is 17.6 Å². The Hall–Kier alpha value is -2.07. The highest BCUT2D eigenvalue weighted by Gasteiger charge is 2.14. The topological polar surface area (TPSA) is 35.5 Å². The maximum Gasteiger partial charge on any atom is 0.310 e. The molecule has 0 fully saturated rings. The molecule has 0 N–H and O–H groups in total. The van der Waals surface area contributed by atoms with Crippen LogP contribution < -0.4 is 9.47 Å². The monoisotopic (exact) mass is 336 g/mol. The van der Waals surface area contributed by atoms with Crippen LogP contribution in [0.3, 0.4) is 0 Å². The second kappa shape index (κ2) is 7.47. The number of rotatable bonds is 5. The van der Waals surface area contributed by atoms with E-state index in [0.717, 1.165) is 11.1 Å². The van der Waals surface area contributed by atoms with Gasteiger partial charge in [0.15, 0.2) is 11.6 Å². The molecule has 0 radical (unpaired) electrons. The molecular formula is C18H18ClFO3. The molecule has 0 atom stereocenters. The molecule has 2 aromatic carbocycles. The van der Waals surface area contributed by atoms with E-state index >= 15 is 0 Å². The van der Waals surface area contributed by atoms with Crippen molar-refractivity contribution < 1.29 is 18.7 Å². The number of esters is 1. The third kappa shape index (κ3) is 4.23. The number of halogens is 2. The van der Waals surface area contributed by atoms with Gasteiger partial charge in [-0.05, 0) is 49.2 Å². The smallest absolute Gasteiger partial charge is 0.310 e. The molecule has 0 aliphatic carbocycles. The molecule has 0 unspecified atom stereocenters. The molecule has 0 saturated heterocycles. The molecule has 2 rings (SSSR count). The van der Waals surface area contributed by atoms with E-state index in [1.165, 1.54) is 6.07 Å². The van der Waals surface area contributed by atoms with Crippen molar-refractivity contribution in [3.8, 4) is 11.5 Å². The first-order valence-corrected chi connectivity index (χ1v) is 7.67. The lowest BCUT2D eigenvalue weighted by molar-refractivity contribution is -0.134. The van der Waals surface area contributed by atoms with Crippen LogP contribution in [0.15, 0.2) is 30.3 Å². The van der Waals surface area contributed by atoms with Gasteiger partial charge in [0.2, 0.25) is 0 Å². The van der Waals surface area contributed by atoms with Crippen LogP contribution >= 0.6 is 11.6 Å². The highest BCUT2D eigenvalue weighted by molar-refractivity contribution is 6.31. The van der Waals surface area contributed by atoms with E-state index in [4.69, 9.17) is 21.1 Å². The van der Waals surface area contributed by atoms with Gasteiger partial charge in [-0.3, -0.25) is 4.79 Å². The highest BCUT2D eigenvalue weighted by Crippen LogP contribution is 2.29. The predicted octanol–water partition coefficient (Wildman–Crippen LogP) is 4.99. The van der Waals surface area contributed by atoms with E-state index in [1.54, 1.807) is 31.2 Å². The van der Waals surface area contributed by atoms with Crippen LogP contribution in [-0.4, -0.2) is 5.97 Å². The van der Waals surface area contributed by atoms with Gasteiger partial charge in [-0.25, -0.2) is 4.39 Å². The lowest BCUT2D eigenvalue weighted by atomic mass is 10.1. The van der Waals surface area contributed by atoms with Gasteiger partial charge in [-0.15, -0.1) is 0 Å². The quantitative estimate of drug-likeness (QED) is 0.570. The van der Waals surface area contributed by atoms with Gasteiger partial charge >= 0.3 is 5.97 Å². The highest BCUT2D eigenvalue weighted by atomic mass is 35.5. The Morgan fingerprint density at radius 2 is 1.87 bits per heavy atom. The second-order valence-corrected chi connectivity index (χ2v) is 5.61. The van der Waals surface area contributed by atoms with Crippen LogP contribution in [0.2, 0.25) is 5.02 Å². The van der Waals surface area contributed by atoms with E-state index in [1.807, 2.05) is 13.8 Å². The van der Waals surface area contributed by atoms with Crippen molar-refractivity contribution in [1.29, 1.82) is 0 Å². The molecule has 0 aromatic heterocycles. The number of hydrogen-bond acceptors (Lipinski definition) is 3. The fourth-order valence-corrected chi connectivity index (χ4v) is 2.20. The summed E-state index contributed by atoms with van der Waals surface area (Å²) in [5.41, 5.74) is 2.29. The Morgan fingerprint density at radius 3 is 2.57 bits per heavy atom. The summed E-state index contributed by atoms with van der Waals surface area (Å²) in [5, 5.41) is 0.399. The Morgan fingerprint density at radius 1 is 1.17 bits per heavy atom. The van der Waals surface area contributed by atoms with Gasteiger partial charge in [0.05, 0.1) is 10.6 Å². The van der Waals surface area contributed by atoms with Crippen molar-refractivity contribution in [1.82, 2.24) is 0 Å². The van der Waals surface area contributed by atoms with Crippen LogP contribution in [0, 0.1) is 19.7 Å². The van der Waals surface area contributed by atoms with Crippen molar-refractivity contribution in [2.45, 2.75) is 33.8 Å². The zero-order valence-electron chi connectivity index (χ0n) is 13.3. The Kier molecular flexibility index (Phi) is 5.61. The first kappa shape index (κ1) is 17.3. The molecule has 0 bridgehead atoms. The van der Waals surface area contributed by atoms with Gasteiger partial charge in [0.1, 0.15) is 12.4 Å². The summed E-state index contributed by atoms with van der Waals surface area (Å²) in [7, 11) is 0. The second-order valence-electron chi connectivity index (χ2n) is 5.20. The van der Waals surface area contributed by atoms with E-state index in [9.17, 15) is 9.18 Å². The molecule has 0 aliphatic rings. The number of aryl methyl sites for hydroxylation is 2. The summed E-state index contributed by atoms with van der Waals surface area (Å²) in [5.74, 6) is -0.340. The van der Waals surface area contributed by atoms with Gasteiger partial charge in [0, 0.05) is 6.42 Å². The zero-order chi connectivity index (χ0) is 17.0. The third-order valence-electron chi connectivity index (χ3n) is 3.51. The van der Waals surface area contributed by atoms with Crippen molar-refractivity contribution in [3.05, 3.63) is 57.9 Å². The number of hydrogen-bond donors (Lipinski definition) is 0. The molecular weight excluding hydrogens is 319 g/mol. The minimum atomic E-state index is -0.438. The largest absolute Gasteiger partial charge is 0.486 e. The van der Waals surface area contributed by atoms with Gasteiger partial charge in [-0.2, -0.15) is 0 Å². The molecule has 0 amide bonds. The molecule has 2 aromatic rings. The molecule has 0 spiro atoms. The summed E-state index contributed by atoms with van der Waals surface area (Å²) in [6, 6.07) is 8.05. The first-order valence-electron chi connectivity index (χ1n) is 7.30. The summed E-state index contributed by atoms with van der Waals surface area (Å²) < 4.78 is 24.7. The first-order chi connectivity index (χ1) is 10.9. The standard InChI is InChI=1S/C18H18ClFO3/c1-4-18(21)23-16-7-5-6-14(19)13(16)10-22-17-9-12(3)11(2)8-15(17)20/h5-9H,4,10H2,1-3H3. The summed E-state index contributed by atoms with van der Waals surface area (Å²) in [6.45, 7) is 5.42. The van der Waals surface area contributed by atoms with Crippen LogP contribution in [0.1, 0.15) is 30.0 Å². The van der Waals surface area contributed by atoms with Gasteiger partial charge in [0.25, 0.3) is 0 Å². The Bertz CT molecular complexity index is 728. The van der Waals surface area contributed by atoms with Crippen LogP contribution in [0.25, 0.3) is 0 Å². The van der Waals surface area contributed by atoms with Crippen LogP contribution in [0.5, 0.6) is 11.5 Å². The number of benzene rings is 2. The molecule has 3 nitrogen and oxygen atoms in total. The fraction of sp³-hybridized carbons (Fsp3) is 0.278. The molecule has 23 heavy (non-hydrogen) atoms. The SMILES string of the molecule is CCC(=O)Oc1cccc(Cl)c1COc1cc(C)c(C)cc1F. The summed E-state index contributed by atoms with van der Waals surface area (Å²) in [4.78, 5) is 11.5. The lowest BCUT2D eigenvalue weighted by Gasteiger charge is -2.14. The Labute approximate surface area is 140 Å². The normalized spacial score (nSPS) is 10.5. The van der Waals surface area contributed by atoms with Crippen molar-refractivity contribution in [2.75, 3.05) is 0 Å². The summed E-state index contributed by atoms with van der Waals surface area (Å²) >= 11 is 6.15. The van der Waals surface area contributed by atoms with E-state index < -0.39 is 5.82 Å². The average molecular weight is 337 g/mol. The van der Waals surface area contributed by atoms with Crippen LogP contribution in [-0.2, 0) is 11.4 Å². The van der Waals surface area contributed by atoms with E-state index in [0.29, 0.717) is 16.3 Å². The van der Waals surface area contributed by atoms with E-state index in [-0.39, 0.29) is 24.7 Å². The maximum atomic E-state index is 14.0. The number of carbonyl (C=O) groups excluding carboxylic acids is 1. The third-order valence-corrected chi connectivity index (χ3v) is 3.86. The Balaban J connectivity index is 2.23. The summed E-state index contributed by atoms with van der Waals surface area (Å²) in [6.07, 6.45) is 0.249. The average Bonchev–Trinajstić information content (AvgIpc) is 2.51. The minimum Gasteiger partial charge on any atom is -0.486 e. The molecule has 0 saturated carbocycles. The zero-order valence-corrected chi connectivity index (χ0v) is 14.0. The van der Waals surface area contributed by atoms with Gasteiger partial charge < -0.3 is 9.47 Å². The van der Waals surface area contributed by atoms with Crippen molar-refractivity contribution in [3.63, 3.8) is 0 Å². The van der Waals surface area contributed by atoms with Gasteiger partial charge in [-0.1, -0.05) is 24.6 Å². The lowest BCUT2D eigenvalue weighted by Crippen LogP contribution is -2.09. The molecule has 5 heteroatoms. The molecule has 122 valence electrons. The van der Waals surface area contributed by atoms with E-state index in [2.05, 4.69) is 0 Å². The van der Waals surface area contributed by atoms with Crippen molar-refractivity contribution in [2.24, 2.45) is 0 Å². The number of ether oxygens (including phenoxy) is 2. The molecule has 0 heterocycles. The van der Waals surface area contributed by atoms with Crippen LogP contribution in [0.4, 0.5) is 4.39 Å². The molecule has 0 aliphatic heterocycles. The fourth-order valence-electron chi connectivity index (χ4n) is 1.98. The number of carbonyl (C=O) groups is 1.